The first kappa shape index (κ1) is 27.6. The SMILES string of the molecule is S=C(NCCCCCCCCCCCCNC(=S)NC1CCCCC1)NC1CCCCC1. The third-order valence-electron chi connectivity index (χ3n) is 7.06. The Labute approximate surface area is 209 Å². The van der Waals surface area contributed by atoms with Crippen LogP contribution in [0.25, 0.3) is 0 Å². The molecule has 32 heavy (non-hydrogen) atoms. The fraction of sp³-hybridized carbons (Fsp3) is 0.923. The molecular weight excluding hydrogens is 432 g/mol. The Bertz CT molecular complexity index is 444. The van der Waals surface area contributed by atoms with Crippen molar-refractivity contribution in [3.8, 4) is 0 Å². The average Bonchev–Trinajstić information content (AvgIpc) is 2.80. The summed E-state index contributed by atoms with van der Waals surface area (Å²) in [4.78, 5) is 0. The highest BCUT2D eigenvalue weighted by atomic mass is 32.1. The predicted octanol–water partition coefficient (Wildman–Crippen LogP) is 6.48. The summed E-state index contributed by atoms with van der Waals surface area (Å²) in [5.41, 5.74) is 0. The Kier molecular flexibility index (Phi) is 16.2. The van der Waals surface area contributed by atoms with Crippen LogP contribution in [0.5, 0.6) is 0 Å². The van der Waals surface area contributed by atoms with E-state index in [2.05, 4.69) is 21.3 Å². The lowest BCUT2D eigenvalue weighted by molar-refractivity contribution is 0.411. The van der Waals surface area contributed by atoms with Gasteiger partial charge in [0, 0.05) is 25.2 Å². The lowest BCUT2D eigenvalue weighted by Crippen LogP contribution is -2.42. The van der Waals surface area contributed by atoms with Gasteiger partial charge < -0.3 is 21.3 Å². The molecule has 2 rings (SSSR count). The Morgan fingerprint density at radius 2 is 0.781 bits per heavy atom. The van der Waals surface area contributed by atoms with E-state index in [1.54, 1.807) is 0 Å². The van der Waals surface area contributed by atoms with Crippen molar-refractivity contribution in [2.75, 3.05) is 13.1 Å². The molecule has 2 saturated carbocycles. The van der Waals surface area contributed by atoms with Crippen molar-refractivity contribution in [2.45, 2.75) is 141 Å². The van der Waals surface area contributed by atoms with Gasteiger partial charge >= 0.3 is 0 Å². The van der Waals surface area contributed by atoms with Crippen LogP contribution >= 0.6 is 24.4 Å². The summed E-state index contributed by atoms with van der Waals surface area (Å²) in [6, 6.07) is 1.22. The minimum Gasteiger partial charge on any atom is -0.363 e. The Balaban J connectivity index is 1.26. The van der Waals surface area contributed by atoms with Crippen LogP contribution in [0.1, 0.15) is 128 Å². The van der Waals surface area contributed by atoms with E-state index in [0.717, 1.165) is 23.3 Å². The molecule has 186 valence electrons. The molecule has 0 bridgehead atoms. The highest BCUT2D eigenvalue weighted by molar-refractivity contribution is 7.80. The first-order valence-electron chi connectivity index (χ1n) is 13.8. The topological polar surface area (TPSA) is 48.1 Å². The normalized spacial score (nSPS) is 17.6. The van der Waals surface area contributed by atoms with E-state index >= 15 is 0 Å². The van der Waals surface area contributed by atoms with E-state index in [1.165, 1.54) is 128 Å². The summed E-state index contributed by atoms with van der Waals surface area (Å²) in [6.07, 6.45) is 26.7. The lowest BCUT2D eigenvalue weighted by atomic mass is 9.96. The van der Waals surface area contributed by atoms with Gasteiger partial charge in [-0.15, -0.1) is 0 Å². The average molecular weight is 483 g/mol. The summed E-state index contributed by atoms with van der Waals surface area (Å²) < 4.78 is 0. The van der Waals surface area contributed by atoms with E-state index in [9.17, 15) is 0 Å². The van der Waals surface area contributed by atoms with E-state index in [4.69, 9.17) is 24.4 Å². The van der Waals surface area contributed by atoms with E-state index in [1.807, 2.05) is 0 Å². The first-order chi connectivity index (χ1) is 15.7. The predicted molar refractivity (Wildman–Crippen MR) is 147 cm³/mol. The number of hydrogen-bond donors (Lipinski definition) is 4. The van der Waals surface area contributed by atoms with Gasteiger partial charge in [-0.3, -0.25) is 0 Å². The van der Waals surface area contributed by atoms with Crippen molar-refractivity contribution >= 4 is 34.7 Å². The number of nitrogens with one attached hydrogen (secondary N) is 4. The minimum absolute atomic E-state index is 0.612. The Morgan fingerprint density at radius 3 is 1.12 bits per heavy atom. The van der Waals surface area contributed by atoms with E-state index < -0.39 is 0 Å². The molecule has 0 spiro atoms. The van der Waals surface area contributed by atoms with Gasteiger partial charge in [0.15, 0.2) is 10.2 Å². The molecular formula is C26H50N4S2. The third kappa shape index (κ3) is 14.5. The molecule has 2 aliphatic carbocycles. The van der Waals surface area contributed by atoms with Crippen molar-refractivity contribution in [1.29, 1.82) is 0 Å². The number of unbranched alkanes of at least 4 members (excludes halogenated alkanes) is 9. The zero-order valence-electron chi connectivity index (χ0n) is 20.5. The van der Waals surface area contributed by atoms with Crippen molar-refractivity contribution in [3.05, 3.63) is 0 Å². The molecule has 0 amide bonds. The molecule has 0 saturated heterocycles. The molecule has 0 aromatic rings. The van der Waals surface area contributed by atoms with Gasteiger partial charge in [-0.2, -0.15) is 0 Å². The molecule has 0 heterocycles. The number of hydrogen-bond acceptors (Lipinski definition) is 2. The van der Waals surface area contributed by atoms with Crippen LogP contribution in [0.15, 0.2) is 0 Å². The maximum absolute atomic E-state index is 5.43. The standard InChI is InChI=1S/C26H50N4S2/c31-25(29-23-17-11-9-12-18-23)27-21-15-7-5-3-1-2-4-6-8-16-22-28-26(32)30-24-19-13-10-14-20-24/h23-24H,1-22H2,(H2,27,29,31)(H2,28,30,32). The van der Waals surface area contributed by atoms with Crippen molar-refractivity contribution in [1.82, 2.24) is 21.3 Å². The molecule has 0 unspecified atom stereocenters. The molecule has 0 aromatic carbocycles. The molecule has 6 heteroatoms. The van der Waals surface area contributed by atoms with Gasteiger partial charge in [-0.1, -0.05) is 89.9 Å². The van der Waals surface area contributed by atoms with Gasteiger partial charge in [-0.25, -0.2) is 0 Å². The maximum Gasteiger partial charge on any atom is 0.166 e. The van der Waals surface area contributed by atoms with Gasteiger partial charge in [0.05, 0.1) is 0 Å². The third-order valence-corrected chi connectivity index (χ3v) is 7.58. The van der Waals surface area contributed by atoms with Crippen LogP contribution in [0.2, 0.25) is 0 Å². The van der Waals surface area contributed by atoms with Crippen molar-refractivity contribution in [3.63, 3.8) is 0 Å². The molecule has 0 aliphatic heterocycles. The molecule has 2 fully saturated rings. The molecule has 2 aliphatic rings. The van der Waals surface area contributed by atoms with E-state index in [0.29, 0.717) is 12.1 Å². The smallest absolute Gasteiger partial charge is 0.166 e. The van der Waals surface area contributed by atoms with Crippen LogP contribution in [-0.2, 0) is 0 Å². The second-order valence-corrected chi connectivity index (χ2v) is 10.8. The zero-order chi connectivity index (χ0) is 22.7. The molecule has 0 atom stereocenters. The Hall–Kier alpha value is -0.620. The van der Waals surface area contributed by atoms with Gasteiger partial charge in [0.25, 0.3) is 0 Å². The molecule has 4 N–H and O–H groups in total. The van der Waals surface area contributed by atoms with E-state index in [-0.39, 0.29) is 0 Å². The minimum atomic E-state index is 0.612. The monoisotopic (exact) mass is 482 g/mol. The van der Waals surface area contributed by atoms with Crippen LogP contribution in [0.4, 0.5) is 0 Å². The highest BCUT2D eigenvalue weighted by Crippen LogP contribution is 2.18. The molecule has 0 radical (unpaired) electrons. The summed E-state index contributed by atoms with van der Waals surface area (Å²) in [5.74, 6) is 0. The van der Waals surface area contributed by atoms with Crippen LogP contribution in [0, 0.1) is 0 Å². The fourth-order valence-electron chi connectivity index (χ4n) is 5.03. The van der Waals surface area contributed by atoms with Crippen molar-refractivity contribution < 1.29 is 0 Å². The van der Waals surface area contributed by atoms with Gasteiger partial charge in [0.2, 0.25) is 0 Å². The molecule has 4 nitrogen and oxygen atoms in total. The quantitative estimate of drug-likeness (QED) is 0.158. The summed E-state index contributed by atoms with van der Waals surface area (Å²) in [7, 11) is 0. The highest BCUT2D eigenvalue weighted by Gasteiger charge is 2.14. The maximum atomic E-state index is 5.43. The lowest BCUT2D eigenvalue weighted by Gasteiger charge is -2.24. The van der Waals surface area contributed by atoms with Crippen LogP contribution in [0.3, 0.4) is 0 Å². The summed E-state index contributed by atoms with van der Waals surface area (Å²) >= 11 is 10.9. The number of rotatable bonds is 15. The number of thiocarbonyl (C=S) groups is 2. The van der Waals surface area contributed by atoms with Gasteiger partial charge in [0.1, 0.15) is 0 Å². The van der Waals surface area contributed by atoms with Crippen molar-refractivity contribution in [2.24, 2.45) is 0 Å². The van der Waals surface area contributed by atoms with Gasteiger partial charge in [-0.05, 0) is 63.0 Å². The second kappa shape index (κ2) is 18.8. The first-order valence-corrected chi connectivity index (χ1v) is 14.6. The summed E-state index contributed by atoms with van der Waals surface area (Å²) in [6.45, 7) is 2.04. The molecule has 0 aromatic heterocycles. The van der Waals surface area contributed by atoms with Crippen LogP contribution in [-0.4, -0.2) is 35.4 Å². The Morgan fingerprint density at radius 1 is 0.469 bits per heavy atom. The second-order valence-electron chi connectivity index (χ2n) is 10.0. The zero-order valence-corrected chi connectivity index (χ0v) is 22.2. The largest absolute Gasteiger partial charge is 0.363 e. The fourth-order valence-corrected chi connectivity index (χ4v) is 5.57. The van der Waals surface area contributed by atoms with Crippen LogP contribution < -0.4 is 21.3 Å². The summed E-state index contributed by atoms with van der Waals surface area (Å²) in [5, 5.41) is 15.5.